The monoisotopic (exact) mass is 370 g/mol. The molecule has 1 heterocycles. The summed E-state index contributed by atoms with van der Waals surface area (Å²) < 4.78 is 5.86. The lowest BCUT2D eigenvalue weighted by atomic mass is 9.99. The number of nitrogens with zero attached hydrogens (tertiary/aromatic N) is 1. The van der Waals surface area contributed by atoms with Crippen LogP contribution in [-0.4, -0.2) is 30.7 Å². The first-order valence-corrected chi connectivity index (χ1v) is 9.71. The topological polar surface area (TPSA) is 58.6 Å². The van der Waals surface area contributed by atoms with E-state index < -0.39 is 17.4 Å². The van der Waals surface area contributed by atoms with Crippen molar-refractivity contribution in [3.05, 3.63) is 53.6 Å². The smallest absolute Gasteiger partial charge is 0.280 e. The van der Waals surface area contributed by atoms with Crippen LogP contribution >= 0.6 is 11.8 Å². The molecular formula is C20H22N2O3S. The lowest BCUT2D eigenvalue weighted by Crippen LogP contribution is -2.59. The number of hydrogen-bond acceptors (Lipinski definition) is 4. The molecule has 26 heavy (non-hydrogen) atoms. The molecule has 1 unspecified atom stereocenters. The van der Waals surface area contributed by atoms with Gasteiger partial charge in [-0.2, -0.15) is 11.8 Å². The van der Waals surface area contributed by atoms with Crippen LogP contribution in [0.4, 0.5) is 11.4 Å². The predicted molar refractivity (Wildman–Crippen MR) is 106 cm³/mol. The van der Waals surface area contributed by atoms with Crippen molar-refractivity contribution in [1.82, 2.24) is 0 Å². The van der Waals surface area contributed by atoms with Gasteiger partial charge in [0.25, 0.3) is 17.4 Å². The molecule has 0 aliphatic carbocycles. The van der Waals surface area contributed by atoms with Gasteiger partial charge in [0.15, 0.2) is 0 Å². The van der Waals surface area contributed by atoms with Crippen LogP contribution in [-0.2, 0) is 15.3 Å². The first-order chi connectivity index (χ1) is 12.3. The van der Waals surface area contributed by atoms with Crippen molar-refractivity contribution in [3.63, 3.8) is 0 Å². The third-order valence-electron chi connectivity index (χ3n) is 4.43. The molecule has 1 N–H and O–H groups in total. The number of amides is 2. The molecular weight excluding hydrogens is 348 g/mol. The molecule has 0 spiro atoms. The molecule has 0 bridgehead atoms. The normalized spacial score (nSPS) is 18.9. The lowest BCUT2D eigenvalue weighted by molar-refractivity contribution is -0.144. The zero-order valence-corrected chi connectivity index (χ0v) is 16.1. The van der Waals surface area contributed by atoms with Gasteiger partial charge in [0.1, 0.15) is 5.75 Å². The van der Waals surface area contributed by atoms with Crippen molar-refractivity contribution in [3.8, 4) is 5.75 Å². The van der Waals surface area contributed by atoms with Gasteiger partial charge >= 0.3 is 0 Å². The van der Waals surface area contributed by atoms with Gasteiger partial charge in [0.2, 0.25) is 0 Å². The largest absolute Gasteiger partial charge is 0.465 e. The van der Waals surface area contributed by atoms with E-state index in [0.29, 0.717) is 17.1 Å². The Labute approximate surface area is 157 Å². The third kappa shape index (κ3) is 3.29. The van der Waals surface area contributed by atoms with E-state index in [1.54, 1.807) is 30.9 Å². The Morgan fingerprint density at radius 2 is 2.04 bits per heavy atom. The van der Waals surface area contributed by atoms with Gasteiger partial charge in [0.05, 0.1) is 5.69 Å². The van der Waals surface area contributed by atoms with Gasteiger partial charge in [-0.15, -0.1) is 0 Å². The molecule has 0 radical (unpaired) electrons. The van der Waals surface area contributed by atoms with Crippen LogP contribution in [0.25, 0.3) is 0 Å². The summed E-state index contributed by atoms with van der Waals surface area (Å²) in [6.45, 7) is 3.45. The molecule has 6 heteroatoms. The van der Waals surface area contributed by atoms with E-state index in [1.165, 1.54) is 11.8 Å². The Hall–Kier alpha value is -2.47. The first-order valence-electron chi connectivity index (χ1n) is 8.32. The second-order valence-corrected chi connectivity index (χ2v) is 7.42. The molecule has 136 valence electrons. The van der Waals surface area contributed by atoms with E-state index in [2.05, 4.69) is 5.32 Å². The second-order valence-electron chi connectivity index (χ2n) is 6.56. The summed E-state index contributed by atoms with van der Waals surface area (Å²) in [6, 6.07) is 13.2. The lowest BCUT2D eigenvalue weighted by Gasteiger charge is -2.38. The minimum atomic E-state index is -1.62. The summed E-state index contributed by atoms with van der Waals surface area (Å²) in [7, 11) is 1.66. The zero-order valence-electron chi connectivity index (χ0n) is 15.3. The minimum absolute atomic E-state index is 0.395. The SMILES string of the molecule is CSCc1cccc(NC(=O)C2(C)Oc3ccc(C)cc3N(C)C2=O)c1. The number of ether oxygens (including phenoxy) is 1. The van der Waals surface area contributed by atoms with Gasteiger partial charge in [-0.05, 0) is 55.5 Å². The van der Waals surface area contributed by atoms with Crippen LogP contribution in [0.2, 0.25) is 0 Å². The number of rotatable bonds is 4. The van der Waals surface area contributed by atoms with Crippen LogP contribution in [0.15, 0.2) is 42.5 Å². The predicted octanol–water partition coefficient (Wildman–Crippen LogP) is 3.61. The molecule has 5 nitrogen and oxygen atoms in total. The van der Waals surface area contributed by atoms with Crippen molar-refractivity contribution in [2.75, 3.05) is 23.5 Å². The Morgan fingerprint density at radius 1 is 1.27 bits per heavy atom. The maximum atomic E-state index is 12.9. The first kappa shape index (κ1) is 18.3. The number of fused-ring (bicyclic) bond motifs is 1. The summed E-state index contributed by atoms with van der Waals surface area (Å²) in [4.78, 5) is 27.2. The number of aryl methyl sites for hydroxylation is 1. The highest BCUT2D eigenvalue weighted by Crippen LogP contribution is 2.38. The number of hydrogen-bond donors (Lipinski definition) is 1. The number of nitrogens with one attached hydrogen (secondary N) is 1. The van der Waals surface area contributed by atoms with Crippen molar-refractivity contribution in [2.45, 2.75) is 25.2 Å². The van der Waals surface area contributed by atoms with Crippen molar-refractivity contribution >= 4 is 35.0 Å². The van der Waals surface area contributed by atoms with Crippen LogP contribution < -0.4 is 15.0 Å². The molecule has 0 fully saturated rings. The van der Waals surface area contributed by atoms with E-state index in [9.17, 15) is 9.59 Å². The van der Waals surface area contributed by atoms with E-state index in [4.69, 9.17) is 4.74 Å². The minimum Gasteiger partial charge on any atom is -0.465 e. The average Bonchev–Trinajstić information content (AvgIpc) is 2.61. The average molecular weight is 370 g/mol. The van der Waals surface area contributed by atoms with Gasteiger partial charge in [0, 0.05) is 18.5 Å². The molecule has 0 saturated carbocycles. The summed E-state index contributed by atoms with van der Waals surface area (Å²) in [5.74, 6) is 0.494. The second kappa shape index (κ2) is 7.03. The summed E-state index contributed by atoms with van der Waals surface area (Å²) in [6.07, 6.45) is 2.02. The van der Waals surface area contributed by atoms with Gasteiger partial charge in [-0.1, -0.05) is 18.2 Å². The number of carbonyl (C=O) groups excluding carboxylic acids is 2. The fourth-order valence-corrected chi connectivity index (χ4v) is 3.48. The standard InChI is InChI=1S/C20H22N2O3S/c1-13-8-9-17-16(10-13)22(3)19(24)20(2,25-17)18(23)21-15-7-5-6-14(11-15)12-26-4/h5-11H,12H2,1-4H3,(H,21,23). The highest BCUT2D eigenvalue weighted by Gasteiger charge is 2.49. The van der Waals surface area contributed by atoms with E-state index in [0.717, 1.165) is 16.9 Å². The zero-order chi connectivity index (χ0) is 18.9. The Kier molecular flexibility index (Phi) is 4.96. The fourth-order valence-electron chi connectivity index (χ4n) is 2.97. The summed E-state index contributed by atoms with van der Waals surface area (Å²) in [5, 5.41) is 2.82. The molecule has 1 aliphatic heterocycles. The highest BCUT2D eigenvalue weighted by atomic mass is 32.2. The molecule has 1 aliphatic rings. The molecule has 2 aromatic rings. The van der Waals surface area contributed by atoms with Crippen molar-refractivity contribution < 1.29 is 14.3 Å². The fraction of sp³-hybridized carbons (Fsp3) is 0.300. The highest BCUT2D eigenvalue weighted by molar-refractivity contribution is 7.97. The summed E-state index contributed by atoms with van der Waals surface area (Å²) >= 11 is 1.71. The van der Waals surface area contributed by atoms with E-state index in [-0.39, 0.29) is 0 Å². The summed E-state index contributed by atoms with van der Waals surface area (Å²) in [5.41, 5.74) is 1.82. The van der Waals surface area contributed by atoms with Crippen LogP contribution in [0, 0.1) is 6.92 Å². The molecule has 2 amide bonds. The molecule has 2 aromatic carbocycles. The number of likely N-dealkylation sites (N-methyl/N-ethyl adjacent to an activating group) is 1. The number of carbonyl (C=O) groups is 2. The Morgan fingerprint density at radius 3 is 2.77 bits per heavy atom. The number of anilines is 2. The van der Waals surface area contributed by atoms with Gasteiger partial charge in [-0.25, -0.2) is 0 Å². The van der Waals surface area contributed by atoms with Crippen LogP contribution in [0.5, 0.6) is 5.75 Å². The Bertz CT molecular complexity index is 868. The molecule has 0 saturated heterocycles. The molecule has 3 rings (SSSR count). The third-order valence-corrected chi connectivity index (χ3v) is 5.05. The number of benzene rings is 2. The van der Waals surface area contributed by atoms with Crippen LogP contribution in [0.1, 0.15) is 18.1 Å². The van der Waals surface area contributed by atoms with E-state index in [1.807, 2.05) is 43.5 Å². The molecule has 0 aromatic heterocycles. The van der Waals surface area contributed by atoms with Gasteiger partial charge in [-0.3, -0.25) is 9.59 Å². The Balaban J connectivity index is 1.87. The number of thioether (sulfide) groups is 1. The van der Waals surface area contributed by atoms with Crippen molar-refractivity contribution in [2.24, 2.45) is 0 Å². The quantitative estimate of drug-likeness (QED) is 0.836. The van der Waals surface area contributed by atoms with E-state index >= 15 is 0 Å². The van der Waals surface area contributed by atoms with Crippen LogP contribution in [0.3, 0.4) is 0 Å². The van der Waals surface area contributed by atoms with Gasteiger partial charge < -0.3 is 15.0 Å². The maximum Gasteiger partial charge on any atom is 0.280 e. The van der Waals surface area contributed by atoms with Crippen molar-refractivity contribution in [1.29, 1.82) is 0 Å². The maximum absolute atomic E-state index is 12.9. The molecule has 1 atom stereocenters.